The summed E-state index contributed by atoms with van der Waals surface area (Å²) in [6.45, 7) is 1.53. The molecule has 0 radical (unpaired) electrons. The summed E-state index contributed by atoms with van der Waals surface area (Å²) >= 11 is 0. The highest BCUT2D eigenvalue weighted by atomic mass is 16.5. The Hall–Kier alpha value is -2.04. The fraction of sp³-hybridized carbons (Fsp3) is 0.429. The van der Waals surface area contributed by atoms with E-state index in [1.54, 1.807) is 12.1 Å². The van der Waals surface area contributed by atoms with Gasteiger partial charge in [-0.2, -0.15) is 5.10 Å². The van der Waals surface area contributed by atoms with Crippen molar-refractivity contribution >= 4 is 11.7 Å². The van der Waals surface area contributed by atoms with E-state index in [2.05, 4.69) is 5.01 Å². The molecule has 1 saturated carbocycles. The van der Waals surface area contributed by atoms with Crippen LogP contribution in [0.25, 0.3) is 0 Å². The molecule has 0 bridgehead atoms. The molecule has 0 aromatic heterocycles. The smallest absolute Gasteiger partial charge is 0.335 e. The summed E-state index contributed by atoms with van der Waals surface area (Å²) in [5, 5.41) is 15.9. The molecule has 1 aromatic carbocycles. The standard InChI is InChI=1S/C14H14N2O3/c17-14(18)8-1-4-11-12(5-8)19-7-9-6-16(10-2-3-10)15-13(9)11/h1,4-5,9-10H,2-3,6-7H2,(H,17,18). The van der Waals surface area contributed by atoms with Crippen molar-refractivity contribution in [2.75, 3.05) is 13.2 Å². The van der Waals surface area contributed by atoms with Crippen LogP contribution in [-0.2, 0) is 0 Å². The molecule has 1 N–H and O–H groups in total. The van der Waals surface area contributed by atoms with Gasteiger partial charge in [0.15, 0.2) is 0 Å². The number of hydrazone groups is 1. The van der Waals surface area contributed by atoms with Crippen LogP contribution in [0.1, 0.15) is 28.8 Å². The summed E-state index contributed by atoms with van der Waals surface area (Å²) in [7, 11) is 0. The van der Waals surface area contributed by atoms with Gasteiger partial charge in [0, 0.05) is 18.2 Å². The Kier molecular flexibility index (Phi) is 2.13. The third-order valence-corrected chi connectivity index (χ3v) is 3.94. The molecule has 19 heavy (non-hydrogen) atoms. The lowest BCUT2D eigenvalue weighted by molar-refractivity contribution is 0.0696. The van der Waals surface area contributed by atoms with E-state index < -0.39 is 5.97 Å². The van der Waals surface area contributed by atoms with E-state index >= 15 is 0 Å². The van der Waals surface area contributed by atoms with Crippen molar-refractivity contribution in [2.45, 2.75) is 18.9 Å². The number of benzene rings is 1. The van der Waals surface area contributed by atoms with Gasteiger partial charge in [0.05, 0.1) is 23.8 Å². The molecule has 2 aliphatic heterocycles. The molecular weight excluding hydrogens is 244 g/mol. The van der Waals surface area contributed by atoms with Gasteiger partial charge in [-0.1, -0.05) is 0 Å². The first-order valence-corrected chi connectivity index (χ1v) is 6.58. The molecule has 4 rings (SSSR count). The fourth-order valence-electron chi connectivity index (χ4n) is 2.76. The number of aromatic carboxylic acids is 1. The van der Waals surface area contributed by atoms with Crippen LogP contribution in [0.4, 0.5) is 0 Å². The van der Waals surface area contributed by atoms with Crippen LogP contribution in [0.2, 0.25) is 0 Å². The number of nitrogens with zero attached hydrogens (tertiary/aromatic N) is 2. The van der Waals surface area contributed by atoms with Crippen molar-refractivity contribution < 1.29 is 14.6 Å². The maximum Gasteiger partial charge on any atom is 0.335 e. The molecule has 0 saturated heterocycles. The number of carbonyl (C=O) groups is 1. The van der Waals surface area contributed by atoms with E-state index in [9.17, 15) is 4.79 Å². The minimum absolute atomic E-state index is 0.259. The van der Waals surface area contributed by atoms with Gasteiger partial charge in [0.1, 0.15) is 5.75 Å². The molecule has 0 amide bonds. The largest absolute Gasteiger partial charge is 0.492 e. The van der Waals surface area contributed by atoms with Crippen molar-refractivity contribution in [1.29, 1.82) is 0 Å². The second-order valence-corrected chi connectivity index (χ2v) is 5.36. The summed E-state index contributed by atoms with van der Waals surface area (Å²) < 4.78 is 5.71. The summed E-state index contributed by atoms with van der Waals surface area (Å²) in [4.78, 5) is 11.0. The summed E-state index contributed by atoms with van der Waals surface area (Å²) in [6.07, 6.45) is 2.46. The summed E-state index contributed by atoms with van der Waals surface area (Å²) in [5.74, 6) is 0.0396. The molecule has 1 atom stereocenters. The van der Waals surface area contributed by atoms with Gasteiger partial charge in [-0.25, -0.2) is 4.79 Å². The maximum absolute atomic E-state index is 11.0. The average molecular weight is 258 g/mol. The topological polar surface area (TPSA) is 62.1 Å². The first-order chi connectivity index (χ1) is 9.22. The van der Waals surface area contributed by atoms with Gasteiger partial charge < -0.3 is 9.84 Å². The Labute approximate surface area is 110 Å². The second kappa shape index (κ2) is 3.73. The maximum atomic E-state index is 11.0. The van der Waals surface area contributed by atoms with Crippen LogP contribution in [0.3, 0.4) is 0 Å². The van der Waals surface area contributed by atoms with Gasteiger partial charge in [0.2, 0.25) is 0 Å². The predicted octanol–water partition coefficient (Wildman–Crippen LogP) is 1.58. The van der Waals surface area contributed by atoms with E-state index in [0.717, 1.165) is 17.8 Å². The first-order valence-electron chi connectivity index (χ1n) is 6.58. The van der Waals surface area contributed by atoms with Gasteiger partial charge >= 0.3 is 5.97 Å². The third kappa shape index (κ3) is 1.69. The Morgan fingerprint density at radius 3 is 3.00 bits per heavy atom. The molecule has 98 valence electrons. The lowest BCUT2D eigenvalue weighted by Gasteiger charge is -2.22. The van der Waals surface area contributed by atoms with E-state index in [4.69, 9.17) is 14.9 Å². The van der Waals surface area contributed by atoms with Crippen LogP contribution in [0.5, 0.6) is 5.75 Å². The highest BCUT2D eigenvalue weighted by Gasteiger charge is 2.39. The molecule has 0 spiro atoms. The van der Waals surface area contributed by atoms with Crippen molar-refractivity contribution in [1.82, 2.24) is 5.01 Å². The Morgan fingerprint density at radius 2 is 2.26 bits per heavy atom. The fourth-order valence-corrected chi connectivity index (χ4v) is 2.76. The molecule has 3 aliphatic rings. The third-order valence-electron chi connectivity index (χ3n) is 3.94. The van der Waals surface area contributed by atoms with E-state index in [0.29, 0.717) is 24.3 Å². The molecule has 1 aliphatic carbocycles. The Morgan fingerprint density at radius 1 is 1.42 bits per heavy atom. The number of hydrogen-bond donors (Lipinski definition) is 1. The molecule has 5 nitrogen and oxygen atoms in total. The number of rotatable bonds is 2. The summed E-state index contributed by atoms with van der Waals surface area (Å²) in [6, 6.07) is 5.64. The lowest BCUT2D eigenvalue weighted by atomic mass is 9.94. The van der Waals surface area contributed by atoms with Crippen LogP contribution < -0.4 is 4.74 Å². The quantitative estimate of drug-likeness (QED) is 0.874. The predicted molar refractivity (Wildman–Crippen MR) is 68.7 cm³/mol. The van der Waals surface area contributed by atoms with E-state index in [-0.39, 0.29) is 5.56 Å². The Bertz CT molecular complexity index is 592. The highest BCUT2D eigenvalue weighted by molar-refractivity contribution is 6.07. The van der Waals surface area contributed by atoms with Gasteiger partial charge in [-0.3, -0.25) is 5.01 Å². The van der Waals surface area contributed by atoms with Gasteiger partial charge in [0.25, 0.3) is 0 Å². The Balaban J connectivity index is 1.73. The van der Waals surface area contributed by atoms with Crippen LogP contribution in [-0.4, -0.2) is 41.0 Å². The van der Waals surface area contributed by atoms with Crippen LogP contribution >= 0.6 is 0 Å². The molecule has 1 unspecified atom stereocenters. The molecule has 2 heterocycles. The first kappa shape index (κ1) is 10.8. The molecule has 5 heteroatoms. The van der Waals surface area contributed by atoms with Gasteiger partial charge in [-0.05, 0) is 31.0 Å². The minimum atomic E-state index is -0.929. The molecular formula is C14H14N2O3. The number of fused-ring (bicyclic) bond motifs is 3. The van der Waals surface area contributed by atoms with Gasteiger partial charge in [-0.15, -0.1) is 0 Å². The number of carboxylic acid groups (broad SMARTS) is 1. The van der Waals surface area contributed by atoms with Crippen LogP contribution in [0.15, 0.2) is 23.3 Å². The monoisotopic (exact) mass is 258 g/mol. The average Bonchev–Trinajstić information content (AvgIpc) is 3.17. The minimum Gasteiger partial charge on any atom is -0.492 e. The lowest BCUT2D eigenvalue weighted by Crippen LogP contribution is -2.30. The zero-order valence-corrected chi connectivity index (χ0v) is 10.4. The van der Waals surface area contributed by atoms with Crippen molar-refractivity contribution in [3.63, 3.8) is 0 Å². The zero-order chi connectivity index (χ0) is 13.0. The van der Waals surface area contributed by atoms with Crippen molar-refractivity contribution in [3.05, 3.63) is 29.3 Å². The van der Waals surface area contributed by atoms with Crippen LogP contribution in [0, 0.1) is 5.92 Å². The van der Waals surface area contributed by atoms with E-state index in [1.165, 1.54) is 12.8 Å². The SMILES string of the molecule is O=C(O)c1ccc2c(c1)OCC1CN(C3CC3)N=C21. The number of ether oxygens (including phenoxy) is 1. The molecule has 1 aromatic rings. The number of hydrogen-bond acceptors (Lipinski definition) is 4. The molecule has 1 fully saturated rings. The highest BCUT2D eigenvalue weighted by Crippen LogP contribution is 2.37. The van der Waals surface area contributed by atoms with E-state index in [1.807, 2.05) is 6.07 Å². The van der Waals surface area contributed by atoms with Crippen molar-refractivity contribution in [2.24, 2.45) is 11.0 Å². The van der Waals surface area contributed by atoms with Crippen molar-refractivity contribution in [3.8, 4) is 5.75 Å². The zero-order valence-electron chi connectivity index (χ0n) is 10.4. The summed E-state index contributed by atoms with van der Waals surface area (Å²) in [5.41, 5.74) is 2.27. The second-order valence-electron chi connectivity index (χ2n) is 5.36. The number of carboxylic acids is 1. The normalized spacial score (nSPS) is 24.3.